The number of fused-ring (bicyclic) bond motifs is 1. The number of benzene rings is 2. The first-order valence-electron chi connectivity index (χ1n) is 8.00. The van der Waals surface area contributed by atoms with Crippen molar-refractivity contribution in [3.05, 3.63) is 64.9 Å². The molecule has 0 spiro atoms. The first-order valence-corrected chi connectivity index (χ1v) is 8.00. The van der Waals surface area contributed by atoms with E-state index in [4.69, 9.17) is 4.74 Å². The first-order chi connectivity index (χ1) is 12.7. The second-order valence-corrected chi connectivity index (χ2v) is 5.79. The number of hydrogen-bond acceptors (Lipinski definition) is 3. The summed E-state index contributed by atoms with van der Waals surface area (Å²) in [5.41, 5.74) is -0.636. The number of alkyl halides is 3. The Morgan fingerprint density at radius 2 is 1.70 bits per heavy atom. The standard InChI is InChI=1S/C19H14F5NO2/c1-2-27-18-13(19(22,23)24)6-4-11(25-18)9-10-3-5-12-14(20)7-8-15(21)16(12)17(10)26/h3-8,26H,2,9H2,1H3. The van der Waals surface area contributed by atoms with Gasteiger partial charge in [0.1, 0.15) is 22.9 Å². The van der Waals surface area contributed by atoms with Gasteiger partial charge in [-0.05, 0) is 31.2 Å². The molecule has 1 N–H and O–H groups in total. The molecule has 0 saturated carbocycles. The van der Waals surface area contributed by atoms with E-state index in [0.29, 0.717) is 0 Å². The lowest BCUT2D eigenvalue weighted by molar-refractivity contribution is -0.139. The third-order valence-electron chi connectivity index (χ3n) is 4.01. The molecule has 27 heavy (non-hydrogen) atoms. The highest BCUT2D eigenvalue weighted by molar-refractivity contribution is 5.90. The van der Waals surface area contributed by atoms with Crippen molar-refractivity contribution in [2.45, 2.75) is 19.5 Å². The normalized spacial score (nSPS) is 11.8. The Balaban J connectivity index is 2.04. The zero-order valence-electron chi connectivity index (χ0n) is 14.1. The molecular formula is C19H14F5NO2. The third kappa shape index (κ3) is 3.65. The SMILES string of the molecule is CCOc1nc(Cc2ccc3c(F)ccc(F)c3c2O)ccc1C(F)(F)F. The molecule has 0 saturated heterocycles. The monoisotopic (exact) mass is 383 g/mol. The molecule has 0 unspecified atom stereocenters. The molecule has 0 amide bonds. The van der Waals surface area contributed by atoms with Crippen molar-refractivity contribution < 1.29 is 31.8 Å². The van der Waals surface area contributed by atoms with Crippen molar-refractivity contribution in [2.24, 2.45) is 0 Å². The molecule has 142 valence electrons. The van der Waals surface area contributed by atoms with Crippen LogP contribution in [-0.2, 0) is 12.6 Å². The molecule has 1 aromatic heterocycles. The maximum absolute atomic E-state index is 14.0. The van der Waals surface area contributed by atoms with E-state index in [-0.39, 0.29) is 35.1 Å². The number of halogens is 5. The van der Waals surface area contributed by atoms with Gasteiger partial charge < -0.3 is 9.84 Å². The number of phenols is 1. The molecule has 0 aliphatic rings. The van der Waals surface area contributed by atoms with E-state index < -0.39 is 35.0 Å². The van der Waals surface area contributed by atoms with Crippen LogP contribution in [0.3, 0.4) is 0 Å². The summed E-state index contributed by atoms with van der Waals surface area (Å²) in [6.07, 6.45) is -4.71. The van der Waals surface area contributed by atoms with Crippen LogP contribution in [0.1, 0.15) is 23.7 Å². The number of aromatic hydroxyl groups is 1. The fourth-order valence-electron chi connectivity index (χ4n) is 2.77. The molecular weight excluding hydrogens is 369 g/mol. The predicted molar refractivity (Wildman–Crippen MR) is 88.7 cm³/mol. The molecule has 0 atom stereocenters. The van der Waals surface area contributed by atoms with Gasteiger partial charge in [0, 0.05) is 23.1 Å². The van der Waals surface area contributed by atoms with E-state index in [2.05, 4.69) is 4.98 Å². The van der Waals surface area contributed by atoms with Crippen LogP contribution < -0.4 is 4.74 Å². The molecule has 1 heterocycles. The van der Waals surface area contributed by atoms with Crippen LogP contribution in [0.4, 0.5) is 22.0 Å². The topological polar surface area (TPSA) is 42.4 Å². The van der Waals surface area contributed by atoms with Gasteiger partial charge in [0.05, 0.1) is 12.0 Å². The minimum atomic E-state index is -4.62. The van der Waals surface area contributed by atoms with Crippen molar-refractivity contribution >= 4 is 10.8 Å². The Hall–Kier alpha value is -2.90. The minimum Gasteiger partial charge on any atom is -0.507 e. The number of nitrogens with zero attached hydrogens (tertiary/aromatic N) is 1. The Kier molecular flexibility index (Phi) is 4.91. The summed E-state index contributed by atoms with van der Waals surface area (Å²) in [4.78, 5) is 3.86. The minimum absolute atomic E-state index is 0.00868. The molecule has 8 heteroatoms. The number of rotatable bonds is 4. The van der Waals surface area contributed by atoms with Crippen molar-refractivity contribution in [2.75, 3.05) is 6.61 Å². The van der Waals surface area contributed by atoms with Gasteiger partial charge in [-0.3, -0.25) is 0 Å². The lowest BCUT2D eigenvalue weighted by atomic mass is 10.0. The molecule has 0 bridgehead atoms. The van der Waals surface area contributed by atoms with Gasteiger partial charge in [0.15, 0.2) is 0 Å². The highest BCUT2D eigenvalue weighted by atomic mass is 19.4. The van der Waals surface area contributed by atoms with Gasteiger partial charge in [-0.1, -0.05) is 12.1 Å². The molecule has 0 radical (unpaired) electrons. The number of ether oxygens (including phenoxy) is 1. The Morgan fingerprint density at radius 3 is 2.37 bits per heavy atom. The Labute approximate surface area is 151 Å². The second-order valence-electron chi connectivity index (χ2n) is 5.79. The lowest BCUT2D eigenvalue weighted by Gasteiger charge is -2.14. The summed E-state index contributed by atoms with van der Waals surface area (Å²) < 4.78 is 71.8. The summed E-state index contributed by atoms with van der Waals surface area (Å²) in [5, 5.41) is 9.95. The van der Waals surface area contributed by atoms with E-state index in [9.17, 15) is 27.1 Å². The Bertz CT molecular complexity index is 1000. The summed E-state index contributed by atoms with van der Waals surface area (Å²) in [6, 6.07) is 6.51. The van der Waals surface area contributed by atoms with Crippen molar-refractivity contribution in [3.8, 4) is 11.6 Å². The van der Waals surface area contributed by atoms with E-state index in [1.165, 1.54) is 19.1 Å². The number of pyridine rings is 1. The van der Waals surface area contributed by atoms with Crippen LogP contribution >= 0.6 is 0 Å². The second kappa shape index (κ2) is 7.02. The summed E-state index contributed by atoms with van der Waals surface area (Å²) in [5.74, 6) is -2.55. The predicted octanol–water partition coefficient (Wildman–Crippen LogP) is 5.23. The van der Waals surface area contributed by atoms with E-state index >= 15 is 0 Å². The zero-order chi connectivity index (χ0) is 19.8. The Morgan fingerprint density at radius 1 is 1.00 bits per heavy atom. The molecule has 3 nitrogen and oxygen atoms in total. The van der Waals surface area contributed by atoms with Crippen molar-refractivity contribution in [3.63, 3.8) is 0 Å². The maximum atomic E-state index is 14.0. The van der Waals surface area contributed by atoms with Crippen LogP contribution in [0, 0.1) is 11.6 Å². The quantitative estimate of drug-likeness (QED) is 0.628. The number of phenolic OH excluding ortho intramolecular Hbond substituents is 1. The number of aromatic nitrogens is 1. The number of hydrogen-bond donors (Lipinski definition) is 1. The third-order valence-corrected chi connectivity index (χ3v) is 4.01. The van der Waals surface area contributed by atoms with Gasteiger partial charge in [0.2, 0.25) is 5.88 Å². The van der Waals surface area contributed by atoms with Crippen LogP contribution in [-0.4, -0.2) is 16.7 Å². The fourth-order valence-corrected chi connectivity index (χ4v) is 2.77. The van der Waals surface area contributed by atoms with E-state index in [0.717, 1.165) is 24.3 Å². The van der Waals surface area contributed by atoms with Crippen LogP contribution in [0.2, 0.25) is 0 Å². The van der Waals surface area contributed by atoms with Gasteiger partial charge in [0.25, 0.3) is 0 Å². The largest absolute Gasteiger partial charge is 0.507 e. The highest BCUT2D eigenvalue weighted by Crippen LogP contribution is 2.37. The van der Waals surface area contributed by atoms with E-state index in [1.807, 2.05) is 0 Å². The van der Waals surface area contributed by atoms with Gasteiger partial charge in [-0.15, -0.1) is 0 Å². The van der Waals surface area contributed by atoms with Gasteiger partial charge in [-0.25, -0.2) is 13.8 Å². The average molecular weight is 383 g/mol. The van der Waals surface area contributed by atoms with Gasteiger partial charge >= 0.3 is 6.18 Å². The maximum Gasteiger partial charge on any atom is 0.421 e. The molecule has 3 rings (SSSR count). The van der Waals surface area contributed by atoms with Crippen molar-refractivity contribution in [1.82, 2.24) is 4.98 Å². The van der Waals surface area contributed by atoms with Crippen molar-refractivity contribution in [1.29, 1.82) is 0 Å². The molecule has 3 aromatic rings. The average Bonchev–Trinajstić information content (AvgIpc) is 2.59. The highest BCUT2D eigenvalue weighted by Gasteiger charge is 2.35. The molecule has 0 fully saturated rings. The van der Waals surface area contributed by atoms with Crippen LogP contribution in [0.25, 0.3) is 10.8 Å². The molecule has 0 aliphatic carbocycles. The molecule has 2 aromatic carbocycles. The summed E-state index contributed by atoms with van der Waals surface area (Å²) >= 11 is 0. The summed E-state index contributed by atoms with van der Waals surface area (Å²) in [6.45, 7) is 1.52. The van der Waals surface area contributed by atoms with Crippen LogP contribution in [0.5, 0.6) is 11.6 Å². The molecule has 0 aliphatic heterocycles. The fraction of sp³-hybridized carbons (Fsp3) is 0.211. The smallest absolute Gasteiger partial charge is 0.421 e. The summed E-state index contributed by atoms with van der Waals surface area (Å²) in [7, 11) is 0. The lowest BCUT2D eigenvalue weighted by Crippen LogP contribution is -2.11. The first kappa shape index (κ1) is 18.9. The van der Waals surface area contributed by atoms with Gasteiger partial charge in [-0.2, -0.15) is 13.2 Å². The van der Waals surface area contributed by atoms with E-state index in [1.54, 1.807) is 0 Å². The zero-order valence-corrected chi connectivity index (χ0v) is 14.1. The van der Waals surface area contributed by atoms with Crippen LogP contribution in [0.15, 0.2) is 36.4 Å².